The van der Waals surface area contributed by atoms with Gasteiger partial charge in [-0.05, 0) is 16.8 Å². The zero-order valence-corrected chi connectivity index (χ0v) is 13.0. The van der Waals surface area contributed by atoms with Crippen LogP contribution in [0.2, 0.25) is 0 Å². The van der Waals surface area contributed by atoms with E-state index in [2.05, 4.69) is 11.1 Å². The number of rotatable bonds is 4. The number of aryl methyl sites for hydroxylation is 1. The molecule has 3 aromatic rings. The molecule has 0 aliphatic heterocycles. The molecule has 0 amide bonds. The number of carbonyl (C=O) groups is 1. The van der Waals surface area contributed by atoms with Crippen LogP contribution in [0.5, 0.6) is 0 Å². The minimum absolute atomic E-state index is 0. The number of benzene rings is 2. The summed E-state index contributed by atoms with van der Waals surface area (Å²) in [6.45, 7) is 0.675. The van der Waals surface area contributed by atoms with Crippen molar-refractivity contribution in [1.29, 1.82) is 0 Å². The first-order valence-corrected chi connectivity index (χ1v) is 6.64. The van der Waals surface area contributed by atoms with E-state index in [0.717, 1.165) is 16.3 Å². The van der Waals surface area contributed by atoms with Crippen molar-refractivity contribution in [2.45, 2.75) is 13.0 Å². The van der Waals surface area contributed by atoms with E-state index < -0.39 is 0 Å². The highest BCUT2D eigenvalue weighted by atomic mass is 79.9. The highest BCUT2D eigenvalue weighted by Gasteiger charge is 2.09. The first-order chi connectivity index (χ1) is 9.83. The van der Waals surface area contributed by atoms with Crippen molar-refractivity contribution in [2.24, 2.45) is 0 Å². The van der Waals surface area contributed by atoms with Gasteiger partial charge in [-0.2, -0.15) is 0 Å². The number of hydrogen-bond acceptors (Lipinski definition) is 2. The Kier molecular flexibility index (Phi) is 5.17. The molecule has 0 atom stereocenters. The summed E-state index contributed by atoms with van der Waals surface area (Å²) < 4.78 is 1.96. The Morgan fingerprint density at radius 1 is 1.00 bits per heavy atom. The first-order valence-electron chi connectivity index (χ1n) is 6.64. The molecule has 0 N–H and O–H groups in total. The van der Waals surface area contributed by atoms with Crippen LogP contribution in [0.15, 0.2) is 67.3 Å². The average molecular weight is 343 g/mol. The largest absolute Gasteiger partial charge is 1.00 e. The van der Waals surface area contributed by atoms with Gasteiger partial charge >= 0.3 is 0 Å². The third kappa shape index (κ3) is 3.73. The third-order valence-electron chi connectivity index (χ3n) is 3.36. The molecule has 4 heteroatoms. The smallest absolute Gasteiger partial charge is 0.187 e. The predicted molar refractivity (Wildman–Crippen MR) is 77.3 cm³/mol. The Morgan fingerprint density at radius 2 is 1.71 bits per heavy atom. The summed E-state index contributed by atoms with van der Waals surface area (Å²) in [5.74, 6) is 0.167. The molecule has 21 heavy (non-hydrogen) atoms. The standard InChI is InChI=1S/C17H15N2O.BrH/c20-17(7-10-19-11-8-18-9-12-19)16-6-5-14-3-1-2-4-15(14)13-16;/h1-6,8-9,11-13H,7,10H2;1H/q+1;/p-1. The molecule has 0 saturated carbocycles. The van der Waals surface area contributed by atoms with E-state index in [0.29, 0.717) is 13.0 Å². The van der Waals surface area contributed by atoms with E-state index in [4.69, 9.17) is 0 Å². The van der Waals surface area contributed by atoms with Gasteiger partial charge in [0.2, 0.25) is 0 Å². The second kappa shape index (κ2) is 7.09. The van der Waals surface area contributed by atoms with Crippen molar-refractivity contribution in [3.05, 3.63) is 72.8 Å². The number of aromatic nitrogens is 2. The van der Waals surface area contributed by atoms with Crippen molar-refractivity contribution in [3.63, 3.8) is 0 Å². The molecule has 0 spiro atoms. The van der Waals surface area contributed by atoms with Crippen LogP contribution in [0, 0.1) is 0 Å². The van der Waals surface area contributed by atoms with Crippen LogP contribution in [0.25, 0.3) is 10.8 Å². The molecule has 2 aromatic carbocycles. The summed E-state index contributed by atoms with van der Waals surface area (Å²) in [6.07, 6.45) is 7.68. The van der Waals surface area contributed by atoms with E-state index in [-0.39, 0.29) is 22.8 Å². The molecular weight excluding hydrogens is 328 g/mol. The maximum Gasteiger partial charge on any atom is 0.187 e. The van der Waals surface area contributed by atoms with E-state index in [9.17, 15) is 4.79 Å². The van der Waals surface area contributed by atoms with Crippen LogP contribution in [0.1, 0.15) is 16.8 Å². The fourth-order valence-electron chi connectivity index (χ4n) is 2.23. The van der Waals surface area contributed by atoms with E-state index >= 15 is 0 Å². The molecule has 1 heterocycles. The fourth-order valence-corrected chi connectivity index (χ4v) is 2.23. The number of halogens is 1. The van der Waals surface area contributed by atoms with Crippen LogP contribution >= 0.6 is 0 Å². The average Bonchev–Trinajstić information content (AvgIpc) is 2.53. The predicted octanol–water partition coefficient (Wildman–Crippen LogP) is -0.201. The van der Waals surface area contributed by atoms with Crippen molar-refractivity contribution >= 4 is 16.6 Å². The zero-order valence-electron chi connectivity index (χ0n) is 11.4. The van der Waals surface area contributed by atoms with E-state index in [1.165, 1.54) is 0 Å². The Labute approximate surface area is 134 Å². The lowest BCUT2D eigenvalue weighted by atomic mass is 10.0. The summed E-state index contributed by atoms with van der Waals surface area (Å²) in [5, 5.41) is 2.27. The first kappa shape index (κ1) is 15.3. The number of Topliss-reactive ketones (excluding diaryl/α,β-unsaturated/α-hetero) is 1. The van der Waals surface area contributed by atoms with Crippen molar-refractivity contribution < 1.29 is 26.3 Å². The van der Waals surface area contributed by atoms with Crippen molar-refractivity contribution in [3.8, 4) is 0 Å². The number of fused-ring (bicyclic) bond motifs is 1. The van der Waals surface area contributed by atoms with Gasteiger partial charge in [0.1, 0.15) is 0 Å². The zero-order chi connectivity index (χ0) is 13.8. The number of hydrogen-bond donors (Lipinski definition) is 0. The van der Waals surface area contributed by atoms with Gasteiger partial charge in [-0.1, -0.05) is 36.4 Å². The number of carbonyl (C=O) groups excluding carboxylic acids is 1. The van der Waals surface area contributed by atoms with Gasteiger partial charge in [0.25, 0.3) is 0 Å². The minimum Gasteiger partial charge on any atom is -1.00 e. The van der Waals surface area contributed by atoms with Gasteiger partial charge in [-0.15, -0.1) is 0 Å². The van der Waals surface area contributed by atoms with E-state index in [1.54, 1.807) is 12.4 Å². The molecule has 0 bridgehead atoms. The summed E-state index contributed by atoms with van der Waals surface area (Å²) in [4.78, 5) is 16.2. The van der Waals surface area contributed by atoms with Crippen molar-refractivity contribution in [1.82, 2.24) is 4.98 Å². The lowest BCUT2D eigenvalue weighted by molar-refractivity contribution is -0.696. The summed E-state index contributed by atoms with van der Waals surface area (Å²) in [5.41, 5.74) is 0.776. The normalized spacial score (nSPS) is 10.1. The Balaban J connectivity index is 0.00000161. The Bertz CT molecular complexity index is 744. The van der Waals surface area contributed by atoms with Gasteiger partial charge in [0, 0.05) is 5.56 Å². The molecule has 0 aliphatic rings. The molecule has 1 aromatic heterocycles. The maximum atomic E-state index is 12.2. The molecule has 106 valence electrons. The molecule has 3 nitrogen and oxygen atoms in total. The summed E-state index contributed by atoms with van der Waals surface area (Å²) in [7, 11) is 0. The highest BCUT2D eigenvalue weighted by molar-refractivity contribution is 5.99. The van der Waals surface area contributed by atoms with Crippen LogP contribution in [-0.4, -0.2) is 10.8 Å². The van der Waals surface area contributed by atoms with Crippen LogP contribution in [0.4, 0.5) is 0 Å². The molecule has 0 aliphatic carbocycles. The number of ketones is 1. The topological polar surface area (TPSA) is 33.8 Å². The third-order valence-corrected chi connectivity index (χ3v) is 3.36. The summed E-state index contributed by atoms with van der Waals surface area (Å²) in [6, 6.07) is 14.0. The van der Waals surface area contributed by atoms with Crippen LogP contribution in [0.3, 0.4) is 0 Å². The van der Waals surface area contributed by atoms with Crippen LogP contribution < -0.4 is 21.5 Å². The van der Waals surface area contributed by atoms with Gasteiger partial charge in [0.15, 0.2) is 24.7 Å². The van der Waals surface area contributed by atoms with Crippen LogP contribution in [-0.2, 0) is 6.54 Å². The van der Waals surface area contributed by atoms with Gasteiger partial charge in [-0.3, -0.25) is 9.78 Å². The SMILES string of the molecule is O=C(CC[n+]1ccncc1)c1ccc2ccccc2c1.[Br-]. The minimum atomic E-state index is 0. The Hall–Kier alpha value is -2.07. The van der Waals surface area contributed by atoms with Gasteiger partial charge < -0.3 is 17.0 Å². The molecule has 3 rings (SSSR count). The monoisotopic (exact) mass is 342 g/mol. The van der Waals surface area contributed by atoms with Gasteiger partial charge in [-0.25, -0.2) is 4.57 Å². The van der Waals surface area contributed by atoms with Gasteiger partial charge in [0.05, 0.1) is 18.8 Å². The molecule has 0 unspecified atom stereocenters. The molecule has 0 radical (unpaired) electrons. The molecule has 0 saturated heterocycles. The fraction of sp³-hybridized carbons (Fsp3) is 0.118. The lowest BCUT2D eigenvalue weighted by Gasteiger charge is -2.02. The Morgan fingerprint density at radius 3 is 2.48 bits per heavy atom. The summed E-state index contributed by atoms with van der Waals surface area (Å²) >= 11 is 0. The quantitative estimate of drug-likeness (QED) is 0.486. The molecular formula is C17H15BrN2O. The maximum absolute atomic E-state index is 12.2. The molecule has 0 fully saturated rings. The second-order valence-corrected chi connectivity index (χ2v) is 4.72. The number of nitrogens with zero attached hydrogens (tertiary/aromatic N) is 2. The van der Waals surface area contributed by atoms with Crippen molar-refractivity contribution in [2.75, 3.05) is 0 Å². The van der Waals surface area contributed by atoms with E-state index in [1.807, 2.05) is 53.4 Å². The lowest BCUT2D eigenvalue weighted by Crippen LogP contribution is -3.00. The highest BCUT2D eigenvalue weighted by Crippen LogP contribution is 2.16. The second-order valence-electron chi connectivity index (χ2n) is 4.72.